The number of aryl methyl sites for hydroxylation is 2. The summed E-state index contributed by atoms with van der Waals surface area (Å²) in [4.78, 5) is 4.76. The minimum absolute atomic E-state index is 0.192. The van der Waals surface area contributed by atoms with Crippen LogP contribution in [0.25, 0.3) is 11.0 Å². The van der Waals surface area contributed by atoms with Crippen LogP contribution in [0.15, 0.2) is 12.1 Å². The highest BCUT2D eigenvalue weighted by molar-refractivity contribution is 5.80. The van der Waals surface area contributed by atoms with Crippen LogP contribution in [0.2, 0.25) is 0 Å². The van der Waals surface area contributed by atoms with E-state index in [2.05, 4.69) is 11.5 Å². The van der Waals surface area contributed by atoms with Gasteiger partial charge in [-0.3, -0.25) is 0 Å². The highest BCUT2D eigenvalue weighted by Crippen LogP contribution is 2.35. The van der Waals surface area contributed by atoms with Crippen molar-refractivity contribution in [2.24, 2.45) is 0 Å². The number of aliphatic hydroxyl groups excluding tert-OH is 1. The van der Waals surface area contributed by atoms with E-state index < -0.39 is 0 Å². The molecule has 3 rings (SSSR count). The fraction of sp³-hybridized carbons (Fsp3) is 0.562. The Bertz CT molecular complexity index is 621. The second-order valence-corrected chi connectivity index (χ2v) is 5.34. The minimum Gasteiger partial charge on any atom is -0.486 e. The van der Waals surface area contributed by atoms with Crippen molar-refractivity contribution < 1.29 is 14.6 Å². The summed E-state index contributed by atoms with van der Waals surface area (Å²) in [5.41, 5.74) is 2.02. The Balaban J connectivity index is 2.03. The van der Waals surface area contributed by atoms with Gasteiger partial charge in [-0.25, -0.2) is 4.98 Å². The van der Waals surface area contributed by atoms with Crippen LogP contribution in [0, 0.1) is 0 Å². The van der Waals surface area contributed by atoms with Gasteiger partial charge in [0.2, 0.25) is 0 Å². The largest absolute Gasteiger partial charge is 0.486 e. The predicted molar refractivity (Wildman–Crippen MR) is 81.0 cm³/mol. The van der Waals surface area contributed by atoms with Gasteiger partial charge in [0.05, 0.1) is 11.0 Å². The first-order valence-corrected chi connectivity index (χ1v) is 7.73. The molecular weight excluding hydrogens is 268 g/mol. The number of aliphatic hydroxyl groups is 1. The summed E-state index contributed by atoms with van der Waals surface area (Å²) < 4.78 is 13.5. The SMILES string of the molecule is CCCCc1nc2cc3c(cc2n1CCCO)OCCO3. The summed E-state index contributed by atoms with van der Waals surface area (Å²) in [7, 11) is 0. The molecule has 0 atom stereocenters. The molecule has 0 bridgehead atoms. The van der Waals surface area contributed by atoms with Crippen molar-refractivity contribution in [2.45, 2.75) is 39.2 Å². The van der Waals surface area contributed by atoms with Crippen molar-refractivity contribution >= 4 is 11.0 Å². The molecule has 114 valence electrons. The topological polar surface area (TPSA) is 56.5 Å². The molecule has 0 spiro atoms. The van der Waals surface area contributed by atoms with E-state index in [1.165, 1.54) is 0 Å². The molecule has 21 heavy (non-hydrogen) atoms. The molecule has 0 saturated heterocycles. The Morgan fingerprint density at radius 2 is 1.95 bits per heavy atom. The normalized spacial score (nSPS) is 13.8. The lowest BCUT2D eigenvalue weighted by atomic mass is 10.2. The number of hydrogen-bond donors (Lipinski definition) is 1. The average molecular weight is 290 g/mol. The summed E-state index contributed by atoms with van der Waals surface area (Å²) in [5, 5.41) is 9.12. The number of unbranched alkanes of at least 4 members (excludes halogenated alkanes) is 1. The smallest absolute Gasteiger partial charge is 0.163 e. The zero-order valence-corrected chi connectivity index (χ0v) is 12.5. The van der Waals surface area contributed by atoms with E-state index >= 15 is 0 Å². The summed E-state index contributed by atoms with van der Waals surface area (Å²) in [5.74, 6) is 2.66. The van der Waals surface area contributed by atoms with Crippen LogP contribution >= 0.6 is 0 Å². The molecule has 1 aromatic heterocycles. The quantitative estimate of drug-likeness (QED) is 0.888. The summed E-state index contributed by atoms with van der Waals surface area (Å²) >= 11 is 0. The van der Waals surface area contributed by atoms with E-state index in [0.29, 0.717) is 13.2 Å². The predicted octanol–water partition coefficient (Wildman–Crippen LogP) is 2.53. The number of benzene rings is 1. The van der Waals surface area contributed by atoms with Gasteiger partial charge < -0.3 is 19.1 Å². The maximum absolute atomic E-state index is 9.12. The molecule has 1 aliphatic heterocycles. The molecule has 2 aromatic rings. The van der Waals surface area contributed by atoms with Crippen molar-refractivity contribution in [3.8, 4) is 11.5 Å². The lowest BCUT2D eigenvalue weighted by molar-refractivity contribution is 0.172. The zero-order valence-electron chi connectivity index (χ0n) is 12.5. The number of imidazole rings is 1. The van der Waals surface area contributed by atoms with Gasteiger partial charge in [-0.15, -0.1) is 0 Å². The maximum atomic E-state index is 9.12. The summed E-state index contributed by atoms with van der Waals surface area (Å²) in [6.07, 6.45) is 3.96. The standard InChI is InChI=1S/C16H22N2O3/c1-2-3-5-16-17-12-10-14-15(21-9-8-20-14)11-13(12)18(16)6-4-7-19/h10-11,19H,2-9H2,1H3. The third-order valence-electron chi connectivity index (χ3n) is 3.79. The fourth-order valence-corrected chi connectivity index (χ4v) is 2.72. The van der Waals surface area contributed by atoms with E-state index in [1.54, 1.807) is 0 Å². The minimum atomic E-state index is 0.192. The molecule has 0 fully saturated rings. The number of ether oxygens (including phenoxy) is 2. The Labute approximate surface area is 124 Å². The number of nitrogens with zero attached hydrogens (tertiary/aromatic N) is 2. The van der Waals surface area contributed by atoms with E-state index in [-0.39, 0.29) is 6.61 Å². The Morgan fingerprint density at radius 3 is 2.67 bits per heavy atom. The van der Waals surface area contributed by atoms with Crippen LogP contribution in [-0.4, -0.2) is 34.5 Å². The Hall–Kier alpha value is -1.75. The van der Waals surface area contributed by atoms with Crippen LogP contribution in [0.1, 0.15) is 32.0 Å². The number of rotatable bonds is 6. The van der Waals surface area contributed by atoms with Crippen molar-refractivity contribution in [3.63, 3.8) is 0 Å². The van der Waals surface area contributed by atoms with E-state index in [4.69, 9.17) is 19.6 Å². The number of fused-ring (bicyclic) bond motifs is 2. The molecule has 0 amide bonds. The van der Waals surface area contributed by atoms with Gasteiger partial charge in [-0.1, -0.05) is 13.3 Å². The van der Waals surface area contributed by atoms with Crippen molar-refractivity contribution in [1.82, 2.24) is 9.55 Å². The zero-order chi connectivity index (χ0) is 14.7. The van der Waals surface area contributed by atoms with Crippen molar-refractivity contribution in [1.29, 1.82) is 0 Å². The molecule has 2 heterocycles. The van der Waals surface area contributed by atoms with Crippen LogP contribution in [-0.2, 0) is 13.0 Å². The summed E-state index contributed by atoms with van der Waals surface area (Å²) in [6, 6.07) is 3.98. The first-order valence-electron chi connectivity index (χ1n) is 7.73. The van der Waals surface area contributed by atoms with Gasteiger partial charge in [0.25, 0.3) is 0 Å². The van der Waals surface area contributed by atoms with Gasteiger partial charge in [0.1, 0.15) is 19.0 Å². The molecule has 0 unspecified atom stereocenters. The fourth-order valence-electron chi connectivity index (χ4n) is 2.72. The lowest BCUT2D eigenvalue weighted by Crippen LogP contribution is -2.15. The molecule has 5 heteroatoms. The molecule has 0 aliphatic carbocycles. The van der Waals surface area contributed by atoms with E-state index in [1.807, 2.05) is 12.1 Å². The Morgan fingerprint density at radius 1 is 1.19 bits per heavy atom. The van der Waals surface area contributed by atoms with E-state index in [9.17, 15) is 0 Å². The molecule has 1 aromatic carbocycles. The van der Waals surface area contributed by atoms with Gasteiger partial charge >= 0.3 is 0 Å². The van der Waals surface area contributed by atoms with Crippen molar-refractivity contribution in [2.75, 3.05) is 19.8 Å². The third kappa shape index (κ3) is 2.83. The highest BCUT2D eigenvalue weighted by Gasteiger charge is 2.17. The van der Waals surface area contributed by atoms with Crippen LogP contribution in [0.3, 0.4) is 0 Å². The second kappa shape index (κ2) is 6.35. The van der Waals surface area contributed by atoms with Gasteiger partial charge in [-0.05, 0) is 12.8 Å². The molecule has 0 saturated carbocycles. The van der Waals surface area contributed by atoms with Crippen LogP contribution in [0.4, 0.5) is 0 Å². The first-order chi connectivity index (χ1) is 10.3. The molecule has 0 radical (unpaired) electrons. The van der Waals surface area contributed by atoms with Gasteiger partial charge in [0.15, 0.2) is 11.5 Å². The van der Waals surface area contributed by atoms with Gasteiger partial charge in [-0.2, -0.15) is 0 Å². The second-order valence-electron chi connectivity index (χ2n) is 5.34. The molecule has 5 nitrogen and oxygen atoms in total. The van der Waals surface area contributed by atoms with Gasteiger partial charge in [0, 0.05) is 31.7 Å². The van der Waals surface area contributed by atoms with Crippen LogP contribution in [0.5, 0.6) is 11.5 Å². The molecular formula is C16H22N2O3. The monoisotopic (exact) mass is 290 g/mol. The maximum Gasteiger partial charge on any atom is 0.163 e. The third-order valence-corrected chi connectivity index (χ3v) is 3.79. The molecule has 1 aliphatic rings. The average Bonchev–Trinajstić information content (AvgIpc) is 2.85. The number of aromatic nitrogens is 2. The molecule has 1 N–H and O–H groups in total. The Kier molecular flexibility index (Phi) is 4.29. The number of hydrogen-bond acceptors (Lipinski definition) is 4. The highest BCUT2D eigenvalue weighted by atomic mass is 16.6. The lowest BCUT2D eigenvalue weighted by Gasteiger charge is -2.18. The first kappa shape index (κ1) is 14.2. The van der Waals surface area contributed by atoms with E-state index in [0.717, 1.165) is 60.6 Å². The van der Waals surface area contributed by atoms with Crippen LogP contribution < -0.4 is 9.47 Å². The summed E-state index contributed by atoms with van der Waals surface area (Å²) in [6.45, 7) is 4.34. The van der Waals surface area contributed by atoms with Crippen molar-refractivity contribution in [3.05, 3.63) is 18.0 Å².